The van der Waals surface area contributed by atoms with Gasteiger partial charge in [0.05, 0.1) is 17.3 Å². The summed E-state index contributed by atoms with van der Waals surface area (Å²) in [6.45, 7) is 7.42. The molecule has 1 aliphatic heterocycles. The fourth-order valence-electron chi connectivity index (χ4n) is 3.66. The first kappa shape index (κ1) is 25.8. The lowest BCUT2D eigenvalue weighted by Gasteiger charge is -2.36. The number of halogens is 1. The molecular weight excluding hydrogens is 472 g/mol. The minimum atomic E-state index is -0.319. The van der Waals surface area contributed by atoms with Crippen LogP contribution in [0.3, 0.4) is 0 Å². The van der Waals surface area contributed by atoms with Crippen molar-refractivity contribution in [3.05, 3.63) is 53.1 Å². The molecule has 0 atom stereocenters. The zero-order valence-corrected chi connectivity index (χ0v) is 21.2. The Labute approximate surface area is 211 Å². The van der Waals surface area contributed by atoms with Gasteiger partial charge >= 0.3 is 0 Å². The summed E-state index contributed by atoms with van der Waals surface area (Å²) in [5.74, 6) is 0.513. The fourth-order valence-corrected chi connectivity index (χ4v) is 4.17. The van der Waals surface area contributed by atoms with E-state index in [-0.39, 0.29) is 16.9 Å². The van der Waals surface area contributed by atoms with E-state index in [0.29, 0.717) is 48.1 Å². The molecule has 3 rings (SSSR count). The van der Waals surface area contributed by atoms with Crippen LogP contribution in [-0.2, 0) is 4.79 Å². The maximum absolute atomic E-state index is 12.6. The van der Waals surface area contributed by atoms with Crippen LogP contribution in [0.15, 0.2) is 42.5 Å². The van der Waals surface area contributed by atoms with Crippen molar-refractivity contribution in [2.24, 2.45) is 0 Å². The van der Waals surface area contributed by atoms with Gasteiger partial charge in [0, 0.05) is 43.9 Å². The Morgan fingerprint density at radius 3 is 2.53 bits per heavy atom. The summed E-state index contributed by atoms with van der Waals surface area (Å²) in [7, 11) is 0. The molecule has 0 radical (unpaired) electrons. The minimum Gasteiger partial charge on any atom is -0.494 e. The van der Waals surface area contributed by atoms with E-state index in [0.717, 1.165) is 31.6 Å². The summed E-state index contributed by atoms with van der Waals surface area (Å²) in [6, 6.07) is 12.6. The predicted molar refractivity (Wildman–Crippen MR) is 141 cm³/mol. The Hall–Kier alpha value is -2.84. The molecule has 1 aliphatic rings. The third-order valence-corrected chi connectivity index (χ3v) is 6.08. The average Bonchev–Trinajstić information content (AvgIpc) is 2.84. The van der Waals surface area contributed by atoms with Crippen molar-refractivity contribution < 1.29 is 14.3 Å². The van der Waals surface area contributed by atoms with Gasteiger partial charge in [-0.1, -0.05) is 37.9 Å². The molecule has 0 aromatic heterocycles. The Bertz CT molecular complexity index is 1020. The molecule has 182 valence electrons. The van der Waals surface area contributed by atoms with Gasteiger partial charge in [-0.3, -0.25) is 14.9 Å². The van der Waals surface area contributed by atoms with Crippen LogP contribution in [0.4, 0.5) is 11.4 Å². The predicted octanol–water partition coefficient (Wildman–Crippen LogP) is 4.70. The lowest BCUT2D eigenvalue weighted by Crippen LogP contribution is -2.48. The fraction of sp³-hybridized carbons (Fsp3) is 0.400. The second-order valence-corrected chi connectivity index (χ2v) is 8.84. The van der Waals surface area contributed by atoms with Crippen molar-refractivity contribution in [2.45, 2.75) is 33.1 Å². The molecule has 2 amide bonds. The molecule has 0 bridgehead atoms. The summed E-state index contributed by atoms with van der Waals surface area (Å²) < 4.78 is 5.67. The SMILES string of the molecule is CCCCOc1cccc(C(=O)NC(=S)Nc2ccc(N3CCN(C(=O)CC)CC3)c(Cl)c2)c1. The van der Waals surface area contributed by atoms with Crippen molar-refractivity contribution in [2.75, 3.05) is 43.0 Å². The highest BCUT2D eigenvalue weighted by Gasteiger charge is 2.21. The molecule has 7 nitrogen and oxygen atoms in total. The number of ether oxygens (including phenoxy) is 1. The third kappa shape index (κ3) is 7.08. The van der Waals surface area contributed by atoms with Crippen LogP contribution < -0.4 is 20.3 Å². The van der Waals surface area contributed by atoms with Crippen LogP contribution in [0.5, 0.6) is 5.75 Å². The van der Waals surface area contributed by atoms with Crippen molar-refractivity contribution in [1.82, 2.24) is 10.2 Å². The smallest absolute Gasteiger partial charge is 0.257 e. The van der Waals surface area contributed by atoms with Gasteiger partial charge in [-0.2, -0.15) is 0 Å². The van der Waals surface area contributed by atoms with Crippen LogP contribution in [-0.4, -0.2) is 54.6 Å². The number of rotatable bonds is 8. The summed E-state index contributed by atoms with van der Waals surface area (Å²) in [5.41, 5.74) is 2.05. The zero-order valence-electron chi connectivity index (χ0n) is 19.6. The van der Waals surface area contributed by atoms with Crippen LogP contribution in [0.25, 0.3) is 0 Å². The number of hydrogen-bond donors (Lipinski definition) is 2. The van der Waals surface area contributed by atoms with Crippen molar-refractivity contribution in [3.63, 3.8) is 0 Å². The Kier molecular flexibility index (Phi) is 9.53. The molecule has 1 saturated heterocycles. The lowest BCUT2D eigenvalue weighted by molar-refractivity contribution is -0.131. The number of hydrogen-bond acceptors (Lipinski definition) is 5. The van der Waals surface area contributed by atoms with Crippen molar-refractivity contribution >= 4 is 52.1 Å². The number of anilines is 2. The first-order chi connectivity index (χ1) is 16.4. The van der Waals surface area contributed by atoms with E-state index in [1.54, 1.807) is 24.3 Å². The molecule has 1 heterocycles. The van der Waals surface area contributed by atoms with E-state index in [2.05, 4.69) is 22.5 Å². The van der Waals surface area contributed by atoms with Crippen LogP contribution in [0.1, 0.15) is 43.5 Å². The number of nitrogens with zero attached hydrogens (tertiary/aromatic N) is 2. The number of nitrogens with one attached hydrogen (secondary N) is 2. The van der Waals surface area contributed by atoms with Gasteiger partial charge < -0.3 is 19.9 Å². The van der Waals surface area contributed by atoms with E-state index in [4.69, 9.17) is 28.6 Å². The first-order valence-electron chi connectivity index (χ1n) is 11.6. The maximum Gasteiger partial charge on any atom is 0.257 e. The molecule has 2 aromatic carbocycles. The number of carbonyl (C=O) groups excluding carboxylic acids is 2. The summed E-state index contributed by atoms with van der Waals surface area (Å²) in [4.78, 5) is 28.5. The Balaban J connectivity index is 1.54. The molecule has 9 heteroatoms. The van der Waals surface area contributed by atoms with Gasteiger partial charge in [0.15, 0.2) is 5.11 Å². The maximum atomic E-state index is 12.6. The van der Waals surface area contributed by atoms with E-state index in [9.17, 15) is 9.59 Å². The molecule has 34 heavy (non-hydrogen) atoms. The van der Waals surface area contributed by atoms with Crippen LogP contribution in [0.2, 0.25) is 5.02 Å². The van der Waals surface area contributed by atoms with E-state index < -0.39 is 0 Å². The summed E-state index contributed by atoms with van der Waals surface area (Å²) in [5, 5.41) is 6.46. The highest BCUT2D eigenvalue weighted by molar-refractivity contribution is 7.80. The third-order valence-electron chi connectivity index (χ3n) is 5.57. The van der Waals surface area contributed by atoms with Crippen LogP contribution in [0, 0.1) is 0 Å². The Morgan fingerprint density at radius 2 is 1.85 bits per heavy atom. The number of carbonyl (C=O) groups is 2. The monoisotopic (exact) mass is 502 g/mol. The van der Waals surface area contributed by atoms with Crippen molar-refractivity contribution in [1.29, 1.82) is 0 Å². The van der Waals surface area contributed by atoms with Gasteiger partial charge in [-0.15, -0.1) is 0 Å². The molecule has 2 aromatic rings. The number of benzene rings is 2. The van der Waals surface area contributed by atoms with Gasteiger partial charge in [0.25, 0.3) is 5.91 Å². The minimum absolute atomic E-state index is 0.177. The molecule has 0 aliphatic carbocycles. The normalized spacial score (nSPS) is 13.4. The topological polar surface area (TPSA) is 73.9 Å². The molecule has 2 N–H and O–H groups in total. The van der Waals surface area contributed by atoms with Gasteiger partial charge in [-0.05, 0) is 55.0 Å². The second kappa shape index (κ2) is 12.6. The zero-order chi connectivity index (χ0) is 24.5. The van der Waals surface area contributed by atoms with Crippen LogP contribution >= 0.6 is 23.8 Å². The molecule has 0 unspecified atom stereocenters. The first-order valence-corrected chi connectivity index (χ1v) is 12.4. The Morgan fingerprint density at radius 1 is 1.09 bits per heavy atom. The highest BCUT2D eigenvalue weighted by atomic mass is 35.5. The van der Waals surface area contributed by atoms with E-state index in [1.807, 2.05) is 30.0 Å². The number of thiocarbonyl (C=S) groups is 1. The molecule has 0 saturated carbocycles. The molecule has 1 fully saturated rings. The van der Waals surface area contributed by atoms with E-state index in [1.165, 1.54) is 0 Å². The van der Waals surface area contributed by atoms with Gasteiger partial charge in [-0.25, -0.2) is 0 Å². The lowest BCUT2D eigenvalue weighted by atomic mass is 10.2. The number of piperazine rings is 1. The van der Waals surface area contributed by atoms with Crippen molar-refractivity contribution in [3.8, 4) is 5.75 Å². The number of amides is 2. The quantitative estimate of drug-likeness (QED) is 0.402. The molecular formula is C25H31ClN4O3S. The largest absolute Gasteiger partial charge is 0.494 e. The highest BCUT2D eigenvalue weighted by Crippen LogP contribution is 2.29. The number of unbranched alkanes of at least 4 members (excludes halogenated alkanes) is 1. The van der Waals surface area contributed by atoms with E-state index >= 15 is 0 Å². The second-order valence-electron chi connectivity index (χ2n) is 8.03. The molecule has 0 spiro atoms. The van der Waals surface area contributed by atoms with Gasteiger partial charge in [0.2, 0.25) is 5.91 Å². The standard InChI is InChI=1S/C25H31ClN4O3S/c1-3-5-15-33-20-8-6-7-18(16-20)24(32)28-25(34)27-19-9-10-22(21(26)17-19)29-11-13-30(14-12-29)23(31)4-2/h6-10,16-17H,3-5,11-15H2,1-2H3,(H2,27,28,32,34). The summed E-state index contributed by atoms with van der Waals surface area (Å²) >= 11 is 11.9. The summed E-state index contributed by atoms with van der Waals surface area (Å²) in [6.07, 6.45) is 2.53. The average molecular weight is 503 g/mol. The van der Waals surface area contributed by atoms with Gasteiger partial charge in [0.1, 0.15) is 5.75 Å².